The van der Waals surface area contributed by atoms with Crippen LogP contribution in [0.2, 0.25) is 0 Å². The first-order chi connectivity index (χ1) is 8.36. The van der Waals surface area contributed by atoms with Crippen LogP contribution in [0.1, 0.15) is 24.4 Å². The minimum atomic E-state index is -0.151. The van der Waals surface area contributed by atoms with Gasteiger partial charge in [-0.3, -0.25) is 0 Å². The van der Waals surface area contributed by atoms with Crippen molar-refractivity contribution in [1.29, 1.82) is 0 Å². The Labute approximate surface area is 99.7 Å². The Morgan fingerprint density at radius 1 is 1.24 bits per heavy atom. The molecule has 2 aliphatic rings. The molecule has 17 heavy (non-hydrogen) atoms. The number of imidazole rings is 1. The molecule has 1 saturated carbocycles. The van der Waals surface area contributed by atoms with E-state index in [1.54, 1.807) is 0 Å². The first-order valence-electron chi connectivity index (χ1n) is 6.15. The standard InChI is InChI=1S/C14H14N2O/c17-13-6-5-11(13)14-10-4-2-1-3-9(10)12-7-15-8-16(12)14/h1-4,7-8,11,13-14,17H,5-6H2/t11-,13-,14?/m0/s1. The molecule has 3 nitrogen and oxygen atoms in total. The van der Waals surface area contributed by atoms with Gasteiger partial charge in [-0.25, -0.2) is 4.98 Å². The minimum Gasteiger partial charge on any atom is -0.393 e. The molecule has 1 aromatic carbocycles. The second kappa shape index (κ2) is 3.20. The molecule has 0 spiro atoms. The molecule has 2 heterocycles. The Bertz CT molecular complexity index is 575. The zero-order valence-corrected chi connectivity index (χ0v) is 9.45. The summed E-state index contributed by atoms with van der Waals surface area (Å²) in [7, 11) is 0. The van der Waals surface area contributed by atoms with Gasteiger partial charge in [-0.2, -0.15) is 0 Å². The molecule has 1 aromatic heterocycles. The lowest BCUT2D eigenvalue weighted by Crippen LogP contribution is -2.37. The van der Waals surface area contributed by atoms with Crippen LogP contribution >= 0.6 is 0 Å². The van der Waals surface area contributed by atoms with Gasteiger partial charge in [0.25, 0.3) is 0 Å². The first-order valence-corrected chi connectivity index (χ1v) is 6.15. The molecule has 0 radical (unpaired) electrons. The average molecular weight is 226 g/mol. The van der Waals surface area contributed by atoms with Gasteiger partial charge in [-0.15, -0.1) is 0 Å². The van der Waals surface area contributed by atoms with Crippen LogP contribution in [0.4, 0.5) is 0 Å². The second-order valence-electron chi connectivity index (χ2n) is 5.03. The van der Waals surface area contributed by atoms with Gasteiger partial charge in [-0.1, -0.05) is 24.3 Å². The van der Waals surface area contributed by atoms with E-state index in [0.29, 0.717) is 5.92 Å². The zero-order valence-electron chi connectivity index (χ0n) is 9.45. The molecule has 0 bridgehead atoms. The molecule has 1 aliphatic heterocycles. The predicted molar refractivity (Wildman–Crippen MR) is 64.5 cm³/mol. The second-order valence-corrected chi connectivity index (χ2v) is 5.03. The summed E-state index contributed by atoms with van der Waals surface area (Å²) >= 11 is 0. The Morgan fingerprint density at radius 3 is 2.88 bits per heavy atom. The SMILES string of the molecule is O[C@H]1CC[C@@H]1C1c2ccccc2-c2cncn21. The van der Waals surface area contributed by atoms with Crippen molar-refractivity contribution >= 4 is 0 Å². The minimum absolute atomic E-state index is 0.151. The molecular weight excluding hydrogens is 212 g/mol. The smallest absolute Gasteiger partial charge is 0.0956 e. The van der Waals surface area contributed by atoms with Crippen molar-refractivity contribution in [2.75, 3.05) is 0 Å². The number of benzene rings is 1. The lowest BCUT2D eigenvalue weighted by Gasteiger charge is -2.38. The number of hydrogen-bond acceptors (Lipinski definition) is 2. The van der Waals surface area contributed by atoms with E-state index in [9.17, 15) is 5.11 Å². The quantitative estimate of drug-likeness (QED) is 0.809. The lowest BCUT2D eigenvalue weighted by atomic mass is 9.74. The molecular formula is C14H14N2O. The number of nitrogens with zero attached hydrogens (tertiary/aromatic N) is 2. The number of aliphatic hydroxyl groups is 1. The maximum atomic E-state index is 9.92. The van der Waals surface area contributed by atoms with Crippen LogP contribution in [0.15, 0.2) is 36.8 Å². The van der Waals surface area contributed by atoms with Gasteiger partial charge in [0.2, 0.25) is 0 Å². The van der Waals surface area contributed by atoms with Gasteiger partial charge >= 0.3 is 0 Å². The number of rotatable bonds is 1. The van der Waals surface area contributed by atoms with E-state index in [2.05, 4.69) is 33.8 Å². The van der Waals surface area contributed by atoms with Crippen molar-refractivity contribution in [3.8, 4) is 11.3 Å². The Kier molecular flexibility index (Phi) is 1.77. The zero-order chi connectivity index (χ0) is 11.4. The van der Waals surface area contributed by atoms with E-state index in [1.807, 2.05) is 12.5 Å². The van der Waals surface area contributed by atoms with Gasteiger partial charge in [-0.05, 0) is 18.4 Å². The molecule has 86 valence electrons. The maximum absolute atomic E-state index is 9.92. The fourth-order valence-electron chi connectivity index (χ4n) is 3.19. The van der Waals surface area contributed by atoms with Crippen LogP contribution in [-0.4, -0.2) is 20.8 Å². The molecule has 2 aromatic rings. The first kappa shape index (κ1) is 9.42. The summed E-state index contributed by atoms with van der Waals surface area (Å²) in [5.41, 5.74) is 3.80. The van der Waals surface area contributed by atoms with E-state index in [1.165, 1.54) is 16.8 Å². The predicted octanol–water partition coefficient (Wildman–Crippen LogP) is 2.22. The molecule has 3 atom stereocenters. The van der Waals surface area contributed by atoms with E-state index >= 15 is 0 Å². The normalized spacial score (nSPS) is 29.6. The molecule has 1 unspecified atom stereocenters. The van der Waals surface area contributed by atoms with Gasteiger partial charge in [0.05, 0.1) is 30.4 Å². The van der Waals surface area contributed by atoms with Crippen LogP contribution < -0.4 is 0 Å². The van der Waals surface area contributed by atoms with Crippen molar-refractivity contribution < 1.29 is 5.11 Å². The summed E-state index contributed by atoms with van der Waals surface area (Å²) in [6.07, 6.45) is 5.71. The lowest BCUT2D eigenvalue weighted by molar-refractivity contribution is 0.00415. The van der Waals surface area contributed by atoms with Crippen LogP contribution in [0, 0.1) is 5.92 Å². The summed E-state index contributed by atoms with van der Waals surface area (Å²) in [6, 6.07) is 8.76. The summed E-state index contributed by atoms with van der Waals surface area (Å²) in [6.45, 7) is 0. The molecule has 0 amide bonds. The monoisotopic (exact) mass is 226 g/mol. The summed E-state index contributed by atoms with van der Waals surface area (Å²) in [5.74, 6) is 0.353. The van der Waals surface area contributed by atoms with Gasteiger partial charge in [0.15, 0.2) is 0 Å². The molecule has 1 N–H and O–H groups in total. The van der Waals surface area contributed by atoms with E-state index in [-0.39, 0.29) is 12.1 Å². The summed E-state index contributed by atoms with van der Waals surface area (Å²) in [5, 5.41) is 9.92. The number of hydrogen-bond donors (Lipinski definition) is 1. The number of fused-ring (bicyclic) bond motifs is 3. The topological polar surface area (TPSA) is 38.1 Å². The number of aliphatic hydroxyl groups excluding tert-OH is 1. The summed E-state index contributed by atoms with van der Waals surface area (Å²) < 4.78 is 2.22. The van der Waals surface area contributed by atoms with Gasteiger partial charge < -0.3 is 9.67 Å². The van der Waals surface area contributed by atoms with Crippen LogP contribution in [0.3, 0.4) is 0 Å². The Morgan fingerprint density at radius 2 is 2.12 bits per heavy atom. The molecule has 4 rings (SSSR count). The third-order valence-corrected chi connectivity index (χ3v) is 4.22. The van der Waals surface area contributed by atoms with Crippen molar-refractivity contribution in [3.05, 3.63) is 42.4 Å². The van der Waals surface area contributed by atoms with E-state index in [4.69, 9.17) is 0 Å². The third kappa shape index (κ3) is 1.12. The maximum Gasteiger partial charge on any atom is 0.0956 e. The highest BCUT2D eigenvalue weighted by atomic mass is 16.3. The van der Waals surface area contributed by atoms with Crippen LogP contribution in [0.25, 0.3) is 11.3 Å². The van der Waals surface area contributed by atoms with Gasteiger partial charge in [0.1, 0.15) is 0 Å². The van der Waals surface area contributed by atoms with Crippen molar-refractivity contribution in [2.24, 2.45) is 5.92 Å². The molecule has 0 saturated heterocycles. The number of aromatic nitrogens is 2. The highest BCUT2D eigenvalue weighted by Crippen LogP contribution is 2.48. The fraction of sp³-hybridized carbons (Fsp3) is 0.357. The molecule has 1 fully saturated rings. The molecule has 3 heteroatoms. The Balaban J connectivity index is 1.90. The highest BCUT2D eigenvalue weighted by Gasteiger charge is 2.41. The molecule has 1 aliphatic carbocycles. The summed E-state index contributed by atoms with van der Waals surface area (Å²) in [4.78, 5) is 4.24. The van der Waals surface area contributed by atoms with E-state index < -0.39 is 0 Å². The average Bonchev–Trinajstić information content (AvgIpc) is 2.91. The fourth-order valence-corrected chi connectivity index (χ4v) is 3.19. The van der Waals surface area contributed by atoms with E-state index in [0.717, 1.165) is 12.8 Å². The van der Waals surface area contributed by atoms with Crippen molar-refractivity contribution in [2.45, 2.75) is 25.0 Å². The van der Waals surface area contributed by atoms with Crippen LogP contribution in [-0.2, 0) is 0 Å². The third-order valence-electron chi connectivity index (χ3n) is 4.22. The Hall–Kier alpha value is -1.61. The largest absolute Gasteiger partial charge is 0.393 e. The highest BCUT2D eigenvalue weighted by molar-refractivity contribution is 5.69. The van der Waals surface area contributed by atoms with Gasteiger partial charge in [0, 0.05) is 11.5 Å². The van der Waals surface area contributed by atoms with Crippen molar-refractivity contribution in [3.63, 3.8) is 0 Å². The van der Waals surface area contributed by atoms with Crippen LogP contribution in [0.5, 0.6) is 0 Å². The van der Waals surface area contributed by atoms with Crippen molar-refractivity contribution in [1.82, 2.24) is 9.55 Å².